The zero-order valence-electron chi connectivity index (χ0n) is 10.6. The largest absolute Gasteiger partial charge is 0.478 e. The molecular weight excluding hydrogens is 280 g/mol. The summed E-state index contributed by atoms with van der Waals surface area (Å²) in [5, 5.41) is 17.1. The molecule has 0 aliphatic rings. The molecule has 1 aromatic heterocycles. The average Bonchev–Trinajstić information content (AvgIpc) is 2.81. The number of benzene rings is 2. The Morgan fingerprint density at radius 3 is 2.24 bits per heavy atom. The van der Waals surface area contributed by atoms with Crippen molar-refractivity contribution in [2.75, 3.05) is 0 Å². The van der Waals surface area contributed by atoms with E-state index in [1.165, 1.54) is 10.9 Å². The summed E-state index contributed by atoms with van der Waals surface area (Å²) in [6, 6.07) is 8.34. The summed E-state index contributed by atoms with van der Waals surface area (Å²) in [6.45, 7) is 0.0976. The summed E-state index contributed by atoms with van der Waals surface area (Å²) in [5.74, 6) is -3.06. The van der Waals surface area contributed by atoms with Gasteiger partial charge in [-0.15, -0.1) is 0 Å². The third kappa shape index (κ3) is 2.45. The number of halogens is 2. The second-order valence-corrected chi connectivity index (χ2v) is 4.45. The second kappa shape index (κ2) is 4.93. The molecule has 1 N–H and O–H groups in total. The van der Waals surface area contributed by atoms with Gasteiger partial charge in [0.05, 0.1) is 12.1 Å². The van der Waals surface area contributed by atoms with Gasteiger partial charge >= 0.3 is 5.97 Å². The minimum Gasteiger partial charge on any atom is -0.478 e. The Bertz CT molecular complexity index is 806. The van der Waals surface area contributed by atoms with Crippen LogP contribution in [-0.4, -0.2) is 26.1 Å². The predicted molar refractivity (Wildman–Crippen MR) is 69.9 cm³/mol. The minimum absolute atomic E-state index is 0.0976. The van der Waals surface area contributed by atoms with Crippen molar-refractivity contribution in [3.8, 4) is 0 Å². The van der Waals surface area contributed by atoms with E-state index in [2.05, 4.69) is 10.2 Å². The number of fused-ring (bicyclic) bond motifs is 1. The van der Waals surface area contributed by atoms with Gasteiger partial charge in [0.15, 0.2) is 11.6 Å². The van der Waals surface area contributed by atoms with E-state index in [1.54, 1.807) is 18.2 Å². The molecule has 5 nitrogen and oxygen atoms in total. The zero-order valence-corrected chi connectivity index (χ0v) is 10.6. The minimum atomic E-state index is -1.06. The lowest BCUT2D eigenvalue weighted by Crippen LogP contribution is -2.09. The Hall–Kier alpha value is -2.83. The normalized spacial score (nSPS) is 11.0. The lowest BCUT2D eigenvalue weighted by molar-refractivity contribution is 0.0695. The van der Waals surface area contributed by atoms with Crippen molar-refractivity contribution < 1.29 is 18.7 Å². The molecule has 0 aliphatic carbocycles. The zero-order chi connectivity index (χ0) is 15.0. The number of hydrogen-bond acceptors (Lipinski definition) is 3. The number of carbonyl (C=O) groups is 1. The maximum absolute atomic E-state index is 13.1. The Kier molecular flexibility index (Phi) is 3.09. The van der Waals surface area contributed by atoms with E-state index < -0.39 is 17.6 Å². The molecule has 0 aliphatic heterocycles. The van der Waals surface area contributed by atoms with Crippen molar-refractivity contribution >= 4 is 17.0 Å². The summed E-state index contributed by atoms with van der Waals surface area (Å²) < 4.78 is 26.3. The summed E-state index contributed by atoms with van der Waals surface area (Å²) in [7, 11) is 0. The van der Waals surface area contributed by atoms with Gasteiger partial charge in [0.1, 0.15) is 11.0 Å². The lowest BCUT2D eigenvalue weighted by Gasteiger charge is -2.04. The molecule has 3 rings (SSSR count). The molecule has 0 radical (unpaired) electrons. The fraction of sp³-hybridized carbons (Fsp3) is 0.0714. The van der Waals surface area contributed by atoms with Gasteiger partial charge in [0.2, 0.25) is 0 Å². The molecule has 1 heterocycles. The van der Waals surface area contributed by atoms with Crippen LogP contribution in [0, 0.1) is 11.6 Å². The third-order valence-corrected chi connectivity index (χ3v) is 3.02. The smallest absolute Gasteiger partial charge is 0.336 e. The number of hydrogen-bond donors (Lipinski definition) is 1. The molecular formula is C14H9F2N3O2. The van der Waals surface area contributed by atoms with Gasteiger partial charge in [0.25, 0.3) is 0 Å². The van der Waals surface area contributed by atoms with E-state index in [9.17, 15) is 13.6 Å². The molecule has 0 saturated heterocycles. The topological polar surface area (TPSA) is 68.0 Å². The second-order valence-electron chi connectivity index (χ2n) is 4.45. The van der Waals surface area contributed by atoms with Crippen LogP contribution in [-0.2, 0) is 6.54 Å². The Morgan fingerprint density at radius 2 is 1.67 bits per heavy atom. The van der Waals surface area contributed by atoms with E-state index in [0.717, 1.165) is 12.1 Å². The average molecular weight is 289 g/mol. The van der Waals surface area contributed by atoms with Crippen LogP contribution in [0.1, 0.15) is 15.9 Å². The van der Waals surface area contributed by atoms with Gasteiger partial charge in [-0.05, 0) is 11.6 Å². The van der Waals surface area contributed by atoms with Crippen molar-refractivity contribution in [1.29, 1.82) is 0 Å². The Morgan fingerprint density at radius 1 is 1.10 bits per heavy atom. The first kappa shape index (κ1) is 13.2. The van der Waals surface area contributed by atoms with Crippen molar-refractivity contribution in [2.45, 2.75) is 6.54 Å². The number of aromatic carboxylic acids is 1. The van der Waals surface area contributed by atoms with Gasteiger partial charge in [-0.25, -0.2) is 13.6 Å². The van der Waals surface area contributed by atoms with Gasteiger partial charge in [-0.1, -0.05) is 18.2 Å². The van der Waals surface area contributed by atoms with Gasteiger partial charge in [-0.2, -0.15) is 15.0 Å². The van der Waals surface area contributed by atoms with Crippen molar-refractivity contribution in [3.05, 3.63) is 59.2 Å². The van der Waals surface area contributed by atoms with Crippen LogP contribution in [0.2, 0.25) is 0 Å². The van der Waals surface area contributed by atoms with Gasteiger partial charge < -0.3 is 5.11 Å². The molecule has 0 saturated carbocycles. The van der Waals surface area contributed by atoms with Crippen LogP contribution < -0.4 is 0 Å². The van der Waals surface area contributed by atoms with E-state index in [0.29, 0.717) is 5.56 Å². The van der Waals surface area contributed by atoms with Crippen LogP contribution >= 0.6 is 0 Å². The first-order valence-electron chi connectivity index (χ1n) is 6.05. The number of rotatable bonds is 3. The van der Waals surface area contributed by atoms with Crippen molar-refractivity contribution in [2.24, 2.45) is 0 Å². The summed E-state index contributed by atoms with van der Waals surface area (Å²) in [4.78, 5) is 12.3. The predicted octanol–water partition coefficient (Wildman–Crippen LogP) is 2.46. The van der Waals surface area contributed by atoms with Crippen LogP contribution in [0.15, 0.2) is 36.4 Å². The molecule has 21 heavy (non-hydrogen) atoms. The van der Waals surface area contributed by atoms with Crippen LogP contribution in [0.3, 0.4) is 0 Å². The maximum Gasteiger partial charge on any atom is 0.336 e. The van der Waals surface area contributed by atoms with Gasteiger partial charge in [0, 0.05) is 12.1 Å². The quantitative estimate of drug-likeness (QED) is 0.804. The molecule has 0 bridgehead atoms. The molecule has 0 unspecified atom stereocenters. The summed E-state index contributed by atoms with van der Waals surface area (Å²) >= 11 is 0. The van der Waals surface area contributed by atoms with Crippen molar-refractivity contribution in [3.63, 3.8) is 0 Å². The lowest BCUT2D eigenvalue weighted by atomic mass is 10.1. The van der Waals surface area contributed by atoms with Gasteiger partial charge in [-0.3, -0.25) is 0 Å². The third-order valence-electron chi connectivity index (χ3n) is 3.02. The highest BCUT2D eigenvalue weighted by Crippen LogP contribution is 2.16. The molecule has 7 heteroatoms. The Balaban J connectivity index is 2.01. The fourth-order valence-electron chi connectivity index (χ4n) is 2.05. The number of nitrogens with zero attached hydrogens (tertiary/aromatic N) is 3. The Labute approximate surface area is 117 Å². The molecule has 3 aromatic rings. The number of carboxylic acid groups (broad SMARTS) is 1. The number of aromatic nitrogens is 3. The SMILES string of the molecule is O=C(O)c1ccccc1Cn1nc2cc(F)c(F)cc2n1. The van der Waals surface area contributed by atoms with Crippen molar-refractivity contribution in [1.82, 2.24) is 15.0 Å². The highest BCUT2D eigenvalue weighted by molar-refractivity contribution is 5.89. The first-order valence-corrected chi connectivity index (χ1v) is 6.05. The first-order chi connectivity index (χ1) is 10.0. The number of carboxylic acids is 1. The van der Waals surface area contributed by atoms with E-state index in [-0.39, 0.29) is 23.1 Å². The molecule has 0 fully saturated rings. The molecule has 0 amide bonds. The summed E-state index contributed by atoms with van der Waals surface area (Å²) in [5.41, 5.74) is 1.06. The summed E-state index contributed by atoms with van der Waals surface area (Å²) in [6.07, 6.45) is 0. The fourth-order valence-corrected chi connectivity index (χ4v) is 2.05. The van der Waals surface area contributed by atoms with Crippen LogP contribution in [0.4, 0.5) is 8.78 Å². The van der Waals surface area contributed by atoms with E-state index >= 15 is 0 Å². The molecule has 106 valence electrons. The van der Waals surface area contributed by atoms with E-state index in [4.69, 9.17) is 5.11 Å². The highest BCUT2D eigenvalue weighted by Gasteiger charge is 2.12. The van der Waals surface area contributed by atoms with Crippen LogP contribution in [0.5, 0.6) is 0 Å². The van der Waals surface area contributed by atoms with E-state index in [1.807, 2.05) is 0 Å². The highest BCUT2D eigenvalue weighted by atomic mass is 19.2. The monoisotopic (exact) mass is 289 g/mol. The standard InChI is InChI=1S/C14H9F2N3O2/c15-10-5-12-13(6-11(10)16)18-19(17-12)7-8-3-1-2-4-9(8)14(20)21/h1-6H,7H2,(H,20,21). The molecule has 0 spiro atoms. The maximum atomic E-state index is 13.1. The van der Waals surface area contributed by atoms with Crippen LogP contribution in [0.25, 0.3) is 11.0 Å². The molecule has 2 aromatic carbocycles. The molecule has 0 atom stereocenters.